The van der Waals surface area contributed by atoms with Gasteiger partial charge in [0.05, 0.1) is 16.6 Å². The fourth-order valence-electron chi connectivity index (χ4n) is 3.66. The number of nitrogens with zero attached hydrogens (tertiary/aromatic N) is 3. The normalized spacial score (nSPS) is 22.3. The summed E-state index contributed by atoms with van der Waals surface area (Å²) in [5.41, 5.74) is 1.41. The maximum atomic E-state index is 11.8. The summed E-state index contributed by atoms with van der Waals surface area (Å²) in [4.78, 5) is 18.7. The molecule has 1 aliphatic rings. The van der Waals surface area contributed by atoms with Crippen molar-refractivity contribution >= 4 is 11.5 Å². The van der Waals surface area contributed by atoms with Crippen molar-refractivity contribution in [1.29, 1.82) is 0 Å². The zero-order valence-electron chi connectivity index (χ0n) is 13.5. The molecule has 3 rings (SSSR count). The number of rotatable bonds is 5. The van der Waals surface area contributed by atoms with E-state index in [0.717, 1.165) is 30.0 Å². The fraction of sp³-hybridized carbons (Fsp3) is 0.444. The second kappa shape index (κ2) is 6.16. The molecular formula is C18H23N3O2. The van der Waals surface area contributed by atoms with E-state index < -0.39 is 11.4 Å². The molecule has 0 aliphatic carbocycles. The molecule has 122 valence electrons. The number of imidazole rings is 1. The SMILES string of the molecule is C=CCC1(C(=O)O)CCCN(Cc2nc(C)n3ccccc23)C1. The molecule has 2 aromatic rings. The number of allylic oxidation sites excluding steroid dienone is 1. The Bertz CT molecular complexity index is 737. The van der Waals surface area contributed by atoms with Gasteiger partial charge in [0.25, 0.3) is 0 Å². The van der Waals surface area contributed by atoms with Gasteiger partial charge >= 0.3 is 5.97 Å². The topological polar surface area (TPSA) is 57.8 Å². The van der Waals surface area contributed by atoms with E-state index in [2.05, 4.69) is 26.9 Å². The molecule has 1 fully saturated rings. The maximum Gasteiger partial charge on any atom is 0.311 e. The predicted molar refractivity (Wildman–Crippen MR) is 89.3 cm³/mol. The quantitative estimate of drug-likeness (QED) is 0.862. The van der Waals surface area contributed by atoms with Gasteiger partial charge in [0.2, 0.25) is 0 Å². The van der Waals surface area contributed by atoms with Crippen LogP contribution in [-0.4, -0.2) is 38.4 Å². The van der Waals surface area contributed by atoms with Crippen LogP contribution in [0.1, 0.15) is 30.8 Å². The Labute approximate surface area is 136 Å². The lowest BCUT2D eigenvalue weighted by atomic mass is 9.77. The molecule has 1 unspecified atom stereocenters. The smallest absolute Gasteiger partial charge is 0.311 e. The third-order valence-electron chi connectivity index (χ3n) is 4.82. The van der Waals surface area contributed by atoms with E-state index in [4.69, 9.17) is 0 Å². The molecule has 1 saturated heterocycles. The summed E-state index contributed by atoms with van der Waals surface area (Å²) >= 11 is 0. The fourth-order valence-corrected chi connectivity index (χ4v) is 3.66. The van der Waals surface area contributed by atoms with Crippen molar-refractivity contribution in [2.45, 2.75) is 32.7 Å². The van der Waals surface area contributed by atoms with Crippen molar-refractivity contribution in [3.8, 4) is 0 Å². The number of carboxylic acids is 1. The van der Waals surface area contributed by atoms with Gasteiger partial charge in [-0.25, -0.2) is 4.98 Å². The van der Waals surface area contributed by atoms with E-state index in [9.17, 15) is 9.90 Å². The molecule has 0 spiro atoms. The molecular weight excluding hydrogens is 290 g/mol. The molecule has 1 aliphatic heterocycles. The number of hydrogen-bond acceptors (Lipinski definition) is 3. The van der Waals surface area contributed by atoms with E-state index in [1.807, 2.05) is 25.3 Å². The Morgan fingerprint density at radius 1 is 1.52 bits per heavy atom. The van der Waals surface area contributed by atoms with Crippen molar-refractivity contribution in [2.24, 2.45) is 5.41 Å². The first-order valence-corrected chi connectivity index (χ1v) is 8.05. The van der Waals surface area contributed by atoms with Crippen molar-refractivity contribution < 1.29 is 9.90 Å². The number of carboxylic acid groups (broad SMARTS) is 1. The standard InChI is InChI=1S/C18H23N3O2/c1-3-8-18(17(22)23)9-6-10-20(13-18)12-15-16-7-4-5-11-21(16)14(2)19-15/h3-5,7,11H,1,6,8-10,12-13H2,2H3,(H,22,23). The van der Waals surface area contributed by atoms with Gasteiger partial charge in [0.1, 0.15) is 5.82 Å². The summed E-state index contributed by atoms with van der Waals surface area (Å²) in [6.45, 7) is 7.89. The zero-order chi connectivity index (χ0) is 16.4. The molecule has 3 heterocycles. The minimum Gasteiger partial charge on any atom is -0.481 e. The number of aliphatic carboxylic acids is 1. The largest absolute Gasteiger partial charge is 0.481 e. The Morgan fingerprint density at radius 3 is 3.09 bits per heavy atom. The average molecular weight is 313 g/mol. The van der Waals surface area contributed by atoms with Crippen LogP contribution in [0.3, 0.4) is 0 Å². The lowest BCUT2D eigenvalue weighted by molar-refractivity contribution is -0.152. The Hall–Kier alpha value is -2.14. The highest BCUT2D eigenvalue weighted by atomic mass is 16.4. The Morgan fingerprint density at radius 2 is 2.35 bits per heavy atom. The Kier molecular flexibility index (Phi) is 4.22. The highest BCUT2D eigenvalue weighted by molar-refractivity contribution is 5.75. The minimum atomic E-state index is -0.715. The molecule has 5 nitrogen and oxygen atoms in total. The molecule has 0 radical (unpaired) electrons. The third kappa shape index (κ3) is 2.88. The maximum absolute atomic E-state index is 11.8. The lowest BCUT2D eigenvalue weighted by Crippen LogP contribution is -2.47. The number of hydrogen-bond donors (Lipinski definition) is 1. The van der Waals surface area contributed by atoms with Crippen LogP contribution in [0.25, 0.3) is 5.52 Å². The van der Waals surface area contributed by atoms with Gasteiger partial charge in [-0.05, 0) is 44.9 Å². The number of carbonyl (C=O) groups is 1. The summed E-state index contributed by atoms with van der Waals surface area (Å²) < 4.78 is 2.08. The van der Waals surface area contributed by atoms with Gasteiger partial charge in [0, 0.05) is 19.3 Å². The van der Waals surface area contributed by atoms with Crippen LogP contribution in [0.2, 0.25) is 0 Å². The van der Waals surface area contributed by atoms with Gasteiger partial charge in [-0.2, -0.15) is 0 Å². The van der Waals surface area contributed by atoms with Crippen LogP contribution >= 0.6 is 0 Å². The lowest BCUT2D eigenvalue weighted by Gasteiger charge is -2.39. The van der Waals surface area contributed by atoms with Gasteiger partial charge in [-0.3, -0.25) is 9.69 Å². The summed E-state index contributed by atoms with van der Waals surface area (Å²) in [5.74, 6) is 0.246. The van der Waals surface area contributed by atoms with Gasteiger partial charge in [-0.1, -0.05) is 12.1 Å². The zero-order valence-corrected chi connectivity index (χ0v) is 13.5. The highest BCUT2D eigenvalue weighted by Crippen LogP contribution is 2.35. The molecule has 1 N–H and O–H groups in total. The second-order valence-corrected chi connectivity index (χ2v) is 6.45. The van der Waals surface area contributed by atoms with E-state index >= 15 is 0 Å². The van der Waals surface area contributed by atoms with Crippen LogP contribution < -0.4 is 0 Å². The molecule has 5 heteroatoms. The van der Waals surface area contributed by atoms with E-state index in [-0.39, 0.29) is 0 Å². The number of likely N-dealkylation sites (tertiary alicyclic amines) is 1. The van der Waals surface area contributed by atoms with Crippen LogP contribution in [-0.2, 0) is 11.3 Å². The van der Waals surface area contributed by atoms with Crippen LogP contribution in [0.15, 0.2) is 37.1 Å². The van der Waals surface area contributed by atoms with Crippen molar-refractivity contribution in [1.82, 2.24) is 14.3 Å². The summed E-state index contributed by atoms with van der Waals surface area (Å²) in [6, 6.07) is 6.06. The van der Waals surface area contributed by atoms with Crippen LogP contribution in [0, 0.1) is 12.3 Å². The number of aryl methyl sites for hydroxylation is 1. The van der Waals surface area contributed by atoms with Gasteiger partial charge in [0.15, 0.2) is 0 Å². The number of aromatic nitrogens is 2. The molecule has 0 amide bonds. The second-order valence-electron chi connectivity index (χ2n) is 6.45. The first kappa shape index (κ1) is 15.7. The Balaban J connectivity index is 1.84. The average Bonchev–Trinajstić information content (AvgIpc) is 2.85. The van der Waals surface area contributed by atoms with E-state index in [1.54, 1.807) is 6.08 Å². The number of pyridine rings is 1. The molecule has 0 bridgehead atoms. The predicted octanol–water partition coefficient (Wildman–Crippen LogP) is 2.89. The first-order chi connectivity index (χ1) is 11.1. The van der Waals surface area contributed by atoms with Gasteiger partial charge in [-0.15, -0.1) is 6.58 Å². The molecule has 0 saturated carbocycles. The van der Waals surface area contributed by atoms with Crippen LogP contribution in [0.5, 0.6) is 0 Å². The van der Waals surface area contributed by atoms with E-state index in [0.29, 0.717) is 25.9 Å². The summed E-state index contributed by atoms with van der Waals surface area (Å²) in [7, 11) is 0. The van der Waals surface area contributed by atoms with Crippen LogP contribution in [0.4, 0.5) is 0 Å². The monoisotopic (exact) mass is 313 g/mol. The molecule has 1 atom stereocenters. The minimum absolute atomic E-state index is 0.516. The van der Waals surface area contributed by atoms with Crippen molar-refractivity contribution in [3.05, 3.63) is 48.6 Å². The molecule has 0 aromatic carbocycles. The summed E-state index contributed by atoms with van der Waals surface area (Å²) in [6.07, 6.45) is 5.87. The number of piperidine rings is 1. The molecule has 2 aromatic heterocycles. The number of fused-ring (bicyclic) bond motifs is 1. The first-order valence-electron chi connectivity index (χ1n) is 8.05. The van der Waals surface area contributed by atoms with Crippen molar-refractivity contribution in [3.63, 3.8) is 0 Å². The highest BCUT2D eigenvalue weighted by Gasteiger charge is 2.41. The van der Waals surface area contributed by atoms with Crippen molar-refractivity contribution in [2.75, 3.05) is 13.1 Å². The summed E-state index contributed by atoms with van der Waals surface area (Å²) in [5, 5.41) is 9.69. The third-order valence-corrected chi connectivity index (χ3v) is 4.82. The van der Waals surface area contributed by atoms with Gasteiger partial charge < -0.3 is 9.51 Å². The molecule has 23 heavy (non-hydrogen) atoms. The van der Waals surface area contributed by atoms with E-state index in [1.165, 1.54) is 0 Å².